The number of carbonyl (C=O) groups excluding carboxylic acids is 1. The van der Waals surface area contributed by atoms with Crippen LogP contribution in [0.3, 0.4) is 0 Å². The van der Waals surface area contributed by atoms with Crippen LogP contribution in [0.1, 0.15) is 19.8 Å². The van der Waals surface area contributed by atoms with E-state index in [-0.39, 0.29) is 5.91 Å². The number of hydrogen-bond donors (Lipinski definition) is 3. The van der Waals surface area contributed by atoms with Crippen LogP contribution in [0.25, 0.3) is 0 Å². The number of carboxylic acid groups (broad SMARTS) is 1. The zero-order chi connectivity index (χ0) is 10.6. The van der Waals surface area contributed by atoms with Crippen molar-refractivity contribution in [3.63, 3.8) is 0 Å². The summed E-state index contributed by atoms with van der Waals surface area (Å²) in [6, 6.07) is -0.740. The Labute approximate surface area is 82.9 Å². The molecule has 1 fully saturated rings. The highest BCUT2D eigenvalue weighted by molar-refractivity contribution is 5.83. The minimum Gasteiger partial charge on any atom is -0.480 e. The predicted molar refractivity (Wildman–Crippen MR) is 50.8 cm³/mol. The molecule has 0 aromatic rings. The molecule has 0 bridgehead atoms. The number of hydrogen-bond acceptors (Lipinski definition) is 3. The number of nitrogens with one attached hydrogen (secondary N) is 2. The van der Waals surface area contributed by atoms with Crippen LogP contribution in [0.2, 0.25) is 0 Å². The third-order valence-corrected chi connectivity index (χ3v) is 2.38. The monoisotopic (exact) mass is 200 g/mol. The van der Waals surface area contributed by atoms with Gasteiger partial charge >= 0.3 is 5.97 Å². The summed E-state index contributed by atoms with van der Waals surface area (Å²) in [5.74, 6) is -0.750. The largest absolute Gasteiger partial charge is 0.480 e. The molecule has 0 aromatic carbocycles. The van der Waals surface area contributed by atoms with Crippen molar-refractivity contribution >= 4 is 11.9 Å². The maximum Gasteiger partial charge on any atom is 0.326 e. The summed E-state index contributed by atoms with van der Waals surface area (Å²) in [5, 5.41) is 14.3. The molecule has 0 saturated carbocycles. The molecular weight excluding hydrogens is 184 g/mol. The molecule has 0 unspecified atom stereocenters. The minimum absolute atomic E-state index is 0.161. The fourth-order valence-corrected chi connectivity index (χ4v) is 1.35. The predicted octanol–water partition coefficient (Wildman–Crippen LogP) is -0.425. The summed E-state index contributed by atoms with van der Waals surface area (Å²) >= 11 is 0. The van der Waals surface area contributed by atoms with Crippen LogP contribution in [0.5, 0.6) is 0 Å². The van der Waals surface area contributed by atoms with Gasteiger partial charge in [-0.15, -0.1) is 0 Å². The van der Waals surface area contributed by atoms with Crippen molar-refractivity contribution in [3.05, 3.63) is 0 Å². The molecule has 1 saturated heterocycles. The standard InChI is InChI=1S/C9H16N2O3/c1-2-7(9(13)14)11-8(12)3-6-4-10-5-6/h6-7,10H,2-5H2,1H3,(H,11,12)(H,13,14)/t7-/m1/s1. The summed E-state index contributed by atoms with van der Waals surface area (Å²) in [5.41, 5.74) is 0. The van der Waals surface area contributed by atoms with Crippen LogP contribution < -0.4 is 10.6 Å². The molecule has 1 heterocycles. The van der Waals surface area contributed by atoms with Crippen molar-refractivity contribution < 1.29 is 14.7 Å². The summed E-state index contributed by atoms with van der Waals surface area (Å²) in [6.07, 6.45) is 0.848. The zero-order valence-corrected chi connectivity index (χ0v) is 8.25. The van der Waals surface area contributed by atoms with E-state index in [2.05, 4.69) is 10.6 Å². The molecular formula is C9H16N2O3. The minimum atomic E-state index is -0.965. The van der Waals surface area contributed by atoms with Gasteiger partial charge in [0.15, 0.2) is 0 Å². The summed E-state index contributed by atoms with van der Waals surface area (Å²) in [4.78, 5) is 21.9. The number of carboxylic acids is 1. The zero-order valence-electron chi connectivity index (χ0n) is 8.25. The second-order valence-electron chi connectivity index (χ2n) is 3.59. The van der Waals surface area contributed by atoms with Crippen molar-refractivity contribution in [2.45, 2.75) is 25.8 Å². The van der Waals surface area contributed by atoms with Crippen LogP contribution in [-0.2, 0) is 9.59 Å². The molecule has 3 N–H and O–H groups in total. The highest BCUT2D eigenvalue weighted by Gasteiger charge is 2.23. The van der Waals surface area contributed by atoms with E-state index in [0.717, 1.165) is 13.1 Å². The second kappa shape index (κ2) is 4.95. The average Bonchev–Trinajstić information content (AvgIpc) is 2.07. The van der Waals surface area contributed by atoms with Gasteiger partial charge in [-0.2, -0.15) is 0 Å². The smallest absolute Gasteiger partial charge is 0.326 e. The Kier molecular flexibility index (Phi) is 3.88. The van der Waals surface area contributed by atoms with Gasteiger partial charge in [0.1, 0.15) is 6.04 Å². The van der Waals surface area contributed by atoms with Gasteiger partial charge in [-0.3, -0.25) is 4.79 Å². The Morgan fingerprint density at radius 2 is 2.21 bits per heavy atom. The molecule has 0 aliphatic carbocycles. The maximum absolute atomic E-state index is 11.3. The molecule has 1 rings (SSSR count). The summed E-state index contributed by atoms with van der Waals surface area (Å²) in [7, 11) is 0. The van der Waals surface area contributed by atoms with Gasteiger partial charge in [-0.25, -0.2) is 4.79 Å². The highest BCUT2D eigenvalue weighted by atomic mass is 16.4. The summed E-state index contributed by atoms with van der Waals surface area (Å²) < 4.78 is 0. The molecule has 1 atom stereocenters. The lowest BCUT2D eigenvalue weighted by molar-refractivity contribution is -0.142. The van der Waals surface area contributed by atoms with Crippen molar-refractivity contribution in [1.82, 2.24) is 10.6 Å². The number of aliphatic carboxylic acids is 1. The van der Waals surface area contributed by atoms with Crippen LogP contribution in [0.15, 0.2) is 0 Å². The van der Waals surface area contributed by atoms with Gasteiger partial charge in [0, 0.05) is 6.42 Å². The van der Waals surface area contributed by atoms with Crippen LogP contribution >= 0.6 is 0 Å². The van der Waals surface area contributed by atoms with Crippen LogP contribution in [-0.4, -0.2) is 36.1 Å². The Balaban J connectivity index is 2.26. The average molecular weight is 200 g/mol. The molecule has 5 nitrogen and oxygen atoms in total. The lowest BCUT2D eigenvalue weighted by atomic mass is 9.99. The van der Waals surface area contributed by atoms with Gasteiger partial charge < -0.3 is 15.7 Å². The van der Waals surface area contributed by atoms with E-state index in [0.29, 0.717) is 18.8 Å². The third-order valence-electron chi connectivity index (χ3n) is 2.38. The SMILES string of the molecule is CC[C@@H](NC(=O)CC1CNC1)C(=O)O. The second-order valence-corrected chi connectivity index (χ2v) is 3.59. The topological polar surface area (TPSA) is 78.4 Å². The lowest BCUT2D eigenvalue weighted by Gasteiger charge is -2.26. The fourth-order valence-electron chi connectivity index (χ4n) is 1.35. The van der Waals surface area contributed by atoms with E-state index in [1.165, 1.54) is 0 Å². The Hall–Kier alpha value is -1.10. The Morgan fingerprint density at radius 1 is 1.57 bits per heavy atom. The fraction of sp³-hybridized carbons (Fsp3) is 0.778. The number of rotatable bonds is 5. The van der Waals surface area contributed by atoms with E-state index in [1.807, 2.05) is 0 Å². The van der Waals surface area contributed by atoms with Crippen molar-refractivity contribution in [2.75, 3.05) is 13.1 Å². The van der Waals surface area contributed by atoms with Crippen LogP contribution in [0.4, 0.5) is 0 Å². The molecule has 1 aliphatic heterocycles. The van der Waals surface area contributed by atoms with Crippen molar-refractivity contribution in [3.8, 4) is 0 Å². The molecule has 80 valence electrons. The third kappa shape index (κ3) is 2.99. The van der Waals surface area contributed by atoms with E-state index in [1.54, 1.807) is 6.92 Å². The normalized spacial score (nSPS) is 18.4. The molecule has 1 aliphatic rings. The van der Waals surface area contributed by atoms with Gasteiger partial charge in [-0.1, -0.05) is 6.92 Å². The van der Waals surface area contributed by atoms with Crippen molar-refractivity contribution in [2.24, 2.45) is 5.92 Å². The Bertz CT molecular complexity index is 226. The molecule has 1 amide bonds. The Morgan fingerprint density at radius 3 is 2.57 bits per heavy atom. The molecule has 0 radical (unpaired) electrons. The van der Waals surface area contributed by atoms with E-state index < -0.39 is 12.0 Å². The molecule has 0 aromatic heterocycles. The van der Waals surface area contributed by atoms with E-state index >= 15 is 0 Å². The first-order valence-electron chi connectivity index (χ1n) is 4.86. The first-order valence-corrected chi connectivity index (χ1v) is 4.86. The molecule has 5 heteroatoms. The highest BCUT2D eigenvalue weighted by Crippen LogP contribution is 2.08. The van der Waals surface area contributed by atoms with E-state index in [4.69, 9.17) is 5.11 Å². The summed E-state index contributed by atoms with van der Waals surface area (Å²) in [6.45, 7) is 3.46. The number of carbonyl (C=O) groups is 2. The first kappa shape index (κ1) is 11.0. The lowest BCUT2D eigenvalue weighted by Crippen LogP contribution is -2.47. The first-order chi connectivity index (χ1) is 6.63. The van der Waals surface area contributed by atoms with Crippen molar-refractivity contribution in [1.29, 1.82) is 0 Å². The van der Waals surface area contributed by atoms with Gasteiger partial charge in [-0.05, 0) is 25.4 Å². The molecule has 0 spiro atoms. The van der Waals surface area contributed by atoms with Gasteiger partial charge in [0.2, 0.25) is 5.91 Å². The van der Waals surface area contributed by atoms with E-state index in [9.17, 15) is 9.59 Å². The maximum atomic E-state index is 11.3. The van der Waals surface area contributed by atoms with Gasteiger partial charge in [0.05, 0.1) is 0 Å². The number of amides is 1. The quantitative estimate of drug-likeness (QED) is 0.563. The van der Waals surface area contributed by atoms with Gasteiger partial charge in [0.25, 0.3) is 0 Å². The van der Waals surface area contributed by atoms with Crippen LogP contribution in [0, 0.1) is 5.92 Å². The molecule has 14 heavy (non-hydrogen) atoms.